The molecule has 132 valence electrons. The first kappa shape index (κ1) is 19.1. The summed E-state index contributed by atoms with van der Waals surface area (Å²) >= 11 is 3.50. The van der Waals surface area contributed by atoms with E-state index in [1.54, 1.807) is 19.2 Å². The number of unbranched alkanes of at least 4 members (excludes halogenated alkanes) is 2. The highest BCUT2D eigenvalue weighted by Crippen LogP contribution is 2.39. The fraction of sp³-hybridized carbons (Fsp3) is 0.368. The number of hydrogen-bond donors (Lipinski definition) is 0. The zero-order valence-corrected chi connectivity index (χ0v) is 16.2. The van der Waals surface area contributed by atoms with Crippen LogP contribution in [0.5, 0.6) is 17.4 Å². The first-order valence-electron chi connectivity index (χ1n) is 8.10. The average molecular weight is 405 g/mol. The summed E-state index contributed by atoms with van der Waals surface area (Å²) in [5, 5.41) is 9.13. The van der Waals surface area contributed by atoms with Crippen LogP contribution >= 0.6 is 15.9 Å². The van der Waals surface area contributed by atoms with Gasteiger partial charge in [-0.1, -0.05) is 19.8 Å². The van der Waals surface area contributed by atoms with Gasteiger partial charge in [0.1, 0.15) is 23.1 Å². The normalized spacial score (nSPS) is 10.2. The van der Waals surface area contributed by atoms with E-state index in [4.69, 9.17) is 19.5 Å². The van der Waals surface area contributed by atoms with E-state index in [-0.39, 0.29) is 0 Å². The molecule has 0 saturated carbocycles. The molecule has 6 heteroatoms. The first-order chi connectivity index (χ1) is 12.1. The third-order valence-corrected chi connectivity index (χ3v) is 4.33. The van der Waals surface area contributed by atoms with E-state index in [9.17, 15) is 0 Å². The highest BCUT2D eigenvalue weighted by atomic mass is 79.9. The van der Waals surface area contributed by atoms with E-state index in [1.807, 2.05) is 12.1 Å². The lowest BCUT2D eigenvalue weighted by Gasteiger charge is -2.15. The number of benzene rings is 1. The summed E-state index contributed by atoms with van der Waals surface area (Å²) in [6, 6.07) is 9.30. The standard InChI is InChI=1S/C19H21BrN2O3/c1-4-5-6-9-25-17-11-18(23-2)15(20)10-14(17)16-8-7-13(12-21)19(22-16)24-3/h7-8,10-11H,4-6,9H2,1-3H3. The van der Waals surface area contributed by atoms with Gasteiger partial charge in [-0.05, 0) is 40.5 Å². The van der Waals surface area contributed by atoms with Gasteiger partial charge in [-0.2, -0.15) is 5.26 Å². The SMILES string of the molecule is CCCCCOc1cc(OC)c(Br)cc1-c1ccc(C#N)c(OC)n1. The summed E-state index contributed by atoms with van der Waals surface area (Å²) in [4.78, 5) is 4.45. The van der Waals surface area contributed by atoms with Gasteiger partial charge in [-0.3, -0.25) is 0 Å². The lowest BCUT2D eigenvalue weighted by molar-refractivity contribution is 0.305. The van der Waals surface area contributed by atoms with Crippen LogP contribution in [0, 0.1) is 11.3 Å². The summed E-state index contributed by atoms with van der Waals surface area (Å²) < 4.78 is 17.4. The Morgan fingerprint density at radius 3 is 2.56 bits per heavy atom. The molecule has 0 bridgehead atoms. The molecule has 25 heavy (non-hydrogen) atoms. The predicted octanol–water partition coefficient (Wildman–Crippen LogP) is 4.97. The zero-order chi connectivity index (χ0) is 18.2. The van der Waals surface area contributed by atoms with E-state index >= 15 is 0 Å². The van der Waals surface area contributed by atoms with Crippen LogP contribution in [0.4, 0.5) is 0 Å². The Morgan fingerprint density at radius 1 is 1.12 bits per heavy atom. The molecule has 2 rings (SSSR count). The third kappa shape index (κ3) is 4.64. The highest BCUT2D eigenvalue weighted by molar-refractivity contribution is 9.10. The second kappa shape index (κ2) is 9.28. The smallest absolute Gasteiger partial charge is 0.231 e. The van der Waals surface area contributed by atoms with Crippen molar-refractivity contribution >= 4 is 15.9 Å². The van der Waals surface area contributed by atoms with Gasteiger partial charge in [0, 0.05) is 11.6 Å². The van der Waals surface area contributed by atoms with Crippen molar-refractivity contribution in [2.75, 3.05) is 20.8 Å². The molecule has 5 nitrogen and oxygen atoms in total. The maximum atomic E-state index is 9.13. The summed E-state index contributed by atoms with van der Waals surface area (Å²) in [5.41, 5.74) is 1.88. The van der Waals surface area contributed by atoms with Crippen molar-refractivity contribution in [1.29, 1.82) is 5.26 Å². The second-order valence-electron chi connectivity index (χ2n) is 5.40. The summed E-state index contributed by atoms with van der Waals surface area (Å²) in [6.45, 7) is 2.78. The van der Waals surface area contributed by atoms with Crippen molar-refractivity contribution in [2.45, 2.75) is 26.2 Å². The monoisotopic (exact) mass is 404 g/mol. The molecule has 1 aromatic carbocycles. The van der Waals surface area contributed by atoms with Gasteiger partial charge in [0.2, 0.25) is 5.88 Å². The number of nitriles is 1. The van der Waals surface area contributed by atoms with Crippen molar-refractivity contribution in [1.82, 2.24) is 4.98 Å². The number of rotatable bonds is 8. The highest BCUT2D eigenvalue weighted by Gasteiger charge is 2.15. The van der Waals surface area contributed by atoms with Crippen molar-refractivity contribution < 1.29 is 14.2 Å². The van der Waals surface area contributed by atoms with Crippen molar-refractivity contribution in [3.8, 4) is 34.7 Å². The van der Waals surface area contributed by atoms with Gasteiger partial charge < -0.3 is 14.2 Å². The lowest BCUT2D eigenvalue weighted by Crippen LogP contribution is -2.01. The van der Waals surface area contributed by atoms with E-state index in [1.165, 1.54) is 7.11 Å². The number of halogens is 1. The van der Waals surface area contributed by atoms with Gasteiger partial charge in [0.15, 0.2) is 0 Å². The van der Waals surface area contributed by atoms with Gasteiger partial charge in [-0.15, -0.1) is 0 Å². The quantitative estimate of drug-likeness (QED) is 0.581. The van der Waals surface area contributed by atoms with Crippen LogP contribution in [0.25, 0.3) is 11.3 Å². The number of pyridine rings is 1. The molecule has 1 aromatic heterocycles. The molecule has 0 amide bonds. The molecule has 0 aliphatic carbocycles. The summed E-state index contributed by atoms with van der Waals surface area (Å²) in [6.07, 6.45) is 3.23. The molecule has 0 unspecified atom stereocenters. The van der Waals surface area contributed by atoms with Crippen molar-refractivity contribution in [3.63, 3.8) is 0 Å². The van der Waals surface area contributed by atoms with Crippen LogP contribution in [0.15, 0.2) is 28.7 Å². The Balaban J connectivity index is 2.44. The molecular formula is C19H21BrN2O3. The molecule has 0 radical (unpaired) electrons. The van der Waals surface area contributed by atoms with Gasteiger partial charge in [0.25, 0.3) is 0 Å². The van der Waals surface area contributed by atoms with Crippen LogP contribution in [0.2, 0.25) is 0 Å². The minimum absolute atomic E-state index is 0.295. The molecule has 0 spiro atoms. The number of aromatic nitrogens is 1. The maximum absolute atomic E-state index is 9.13. The number of hydrogen-bond acceptors (Lipinski definition) is 5. The van der Waals surface area contributed by atoms with Crippen LogP contribution in [-0.4, -0.2) is 25.8 Å². The second-order valence-corrected chi connectivity index (χ2v) is 6.26. The molecular weight excluding hydrogens is 384 g/mol. The minimum Gasteiger partial charge on any atom is -0.495 e. The molecule has 0 fully saturated rings. The fourth-order valence-corrected chi connectivity index (χ4v) is 2.88. The summed E-state index contributed by atoms with van der Waals surface area (Å²) in [7, 11) is 3.11. The number of ether oxygens (including phenoxy) is 3. The van der Waals surface area contributed by atoms with Crippen LogP contribution in [0.3, 0.4) is 0 Å². The third-order valence-electron chi connectivity index (χ3n) is 3.71. The molecule has 0 saturated heterocycles. The van der Waals surface area contributed by atoms with Crippen LogP contribution < -0.4 is 14.2 Å². The van der Waals surface area contributed by atoms with Gasteiger partial charge in [0.05, 0.1) is 31.0 Å². The number of methoxy groups -OCH3 is 2. The Kier molecular flexibility index (Phi) is 7.08. The topological polar surface area (TPSA) is 64.4 Å². The molecule has 2 aromatic rings. The van der Waals surface area contributed by atoms with Crippen molar-refractivity contribution in [3.05, 3.63) is 34.3 Å². The first-order valence-corrected chi connectivity index (χ1v) is 8.89. The fourth-order valence-electron chi connectivity index (χ4n) is 2.38. The van der Waals surface area contributed by atoms with Gasteiger partial charge >= 0.3 is 0 Å². The molecule has 1 heterocycles. The van der Waals surface area contributed by atoms with E-state index in [2.05, 4.69) is 33.9 Å². The molecule has 0 N–H and O–H groups in total. The van der Waals surface area contributed by atoms with Crippen molar-refractivity contribution in [2.24, 2.45) is 0 Å². The number of nitrogens with zero attached hydrogens (tertiary/aromatic N) is 2. The molecule has 0 atom stereocenters. The molecule has 0 aliphatic rings. The van der Waals surface area contributed by atoms with E-state index in [0.29, 0.717) is 35.2 Å². The minimum atomic E-state index is 0.295. The van der Waals surface area contributed by atoms with E-state index in [0.717, 1.165) is 29.3 Å². The van der Waals surface area contributed by atoms with Crippen LogP contribution in [-0.2, 0) is 0 Å². The maximum Gasteiger partial charge on any atom is 0.231 e. The van der Waals surface area contributed by atoms with Crippen LogP contribution in [0.1, 0.15) is 31.7 Å². The Morgan fingerprint density at radius 2 is 1.92 bits per heavy atom. The molecule has 0 aliphatic heterocycles. The average Bonchev–Trinajstić information content (AvgIpc) is 2.65. The van der Waals surface area contributed by atoms with Gasteiger partial charge in [-0.25, -0.2) is 4.98 Å². The lowest BCUT2D eigenvalue weighted by atomic mass is 10.1. The zero-order valence-electron chi connectivity index (χ0n) is 14.6. The predicted molar refractivity (Wildman–Crippen MR) is 100 cm³/mol. The Labute approximate surface area is 156 Å². The van der Waals surface area contributed by atoms with E-state index < -0.39 is 0 Å². The Hall–Kier alpha value is -2.26. The Bertz CT molecular complexity index is 772. The summed E-state index contributed by atoms with van der Waals surface area (Å²) in [5.74, 6) is 1.68. The largest absolute Gasteiger partial charge is 0.495 e.